The summed E-state index contributed by atoms with van der Waals surface area (Å²) in [4.78, 5) is 18.6. The molecular weight excluding hydrogens is 452 g/mol. The van der Waals surface area contributed by atoms with Crippen molar-refractivity contribution in [3.05, 3.63) is 92.9 Å². The van der Waals surface area contributed by atoms with Crippen molar-refractivity contribution in [2.75, 3.05) is 6.61 Å². The number of nitrogens with zero attached hydrogens (tertiary/aromatic N) is 3. The van der Waals surface area contributed by atoms with E-state index in [1.807, 2.05) is 43.3 Å². The fourth-order valence-corrected chi connectivity index (χ4v) is 3.95. The molecule has 0 saturated heterocycles. The van der Waals surface area contributed by atoms with E-state index in [9.17, 15) is 15.4 Å². The van der Waals surface area contributed by atoms with Crippen molar-refractivity contribution < 1.29 is 14.4 Å². The monoisotopic (exact) mass is 472 g/mol. The maximum Gasteiger partial charge on any atom is 0.269 e. The van der Waals surface area contributed by atoms with Crippen molar-refractivity contribution in [1.29, 1.82) is 5.26 Å². The Bertz CT molecular complexity index is 1360. The van der Waals surface area contributed by atoms with Crippen molar-refractivity contribution in [1.82, 2.24) is 9.97 Å². The molecule has 0 unspecified atom stereocenters. The van der Waals surface area contributed by atoms with Gasteiger partial charge in [-0.15, -0.1) is 0 Å². The molecule has 0 bridgehead atoms. The van der Waals surface area contributed by atoms with Crippen LogP contribution in [0, 0.1) is 21.4 Å². The molecule has 0 fully saturated rings. The smallest absolute Gasteiger partial charge is 0.269 e. The number of thioether (sulfide) groups is 1. The second kappa shape index (κ2) is 10.6. The zero-order valence-electron chi connectivity index (χ0n) is 18.2. The number of nitro benzene ring substituents is 1. The highest BCUT2D eigenvalue weighted by atomic mass is 32.2. The molecule has 170 valence electrons. The molecule has 1 aromatic heterocycles. The van der Waals surface area contributed by atoms with Gasteiger partial charge in [0, 0.05) is 12.1 Å². The average Bonchev–Trinajstić information content (AvgIpc) is 3.26. The molecule has 8 nitrogen and oxygen atoms in total. The first kappa shape index (κ1) is 22.9. The first-order chi connectivity index (χ1) is 16.6. The molecular formula is C25H20N4O4S. The number of hydrogen-bond donors (Lipinski definition) is 1. The molecule has 1 heterocycles. The summed E-state index contributed by atoms with van der Waals surface area (Å²) in [5.41, 5.74) is 3.37. The van der Waals surface area contributed by atoms with Gasteiger partial charge < -0.3 is 14.5 Å². The third kappa shape index (κ3) is 5.54. The molecule has 0 saturated carbocycles. The number of ether oxygens (including phenoxy) is 2. The Labute approximate surface area is 200 Å². The fraction of sp³-hybridized carbons (Fsp3) is 0.120. The Hall–Kier alpha value is -4.29. The zero-order chi connectivity index (χ0) is 23.9. The lowest BCUT2D eigenvalue weighted by Crippen LogP contribution is -2.00. The van der Waals surface area contributed by atoms with Crippen LogP contribution in [0.3, 0.4) is 0 Å². The standard InChI is InChI=1S/C25H20N4O4S/c1-2-32-24-14-18(9-12-23(24)33-16-17-7-10-19(11-8-17)29(30)31)13-20(15-26)34-25-27-21-5-3-4-6-22(21)28-25/h3-14H,2,16H2,1H3,(H,27,28)/b20-13+. The van der Waals surface area contributed by atoms with Crippen LogP contribution in [0.25, 0.3) is 17.1 Å². The summed E-state index contributed by atoms with van der Waals surface area (Å²) < 4.78 is 11.6. The number of para-hydroxylation sites is 2. The van der Waals surface area contributed by atoms with Gasteiger partial charge in [-0.1, -0.05) is 18.2 Å². The summed E-state index contributed by atoms with van der Waals surface area (Å²) in [5.74, 6) is 1.09. The van der Waals surface area contributed by atoms with Crippen molar-refractivity contribution in [3.8, 4) is 17.6 Å². The number of aromatic amines is 1. The maximum absolute atomic E-state index is 10.8. The second-order valence-electron chi connectivity index (χ2n) is 7.13. The van der Waals surface area contributed by atoms with Gasteiger partial charge in [0.25, 0.3) is 5.69 Å². The van der Waals surface area contributed by atoms with E-state index in [0.29, 0.717) is 28.2 Å². The maximum atomic E-state index is 10.8. The van der Waals surface area contributed by atoms with Gasteiger partial charge in [0.15, 0.2) is 16.7 Å². The van der Waals surface area contributed by atoms with Crippen molar-refractivity contribution in [3.63, 3.8) is 0 Å². The molecule has 0 radical (unpaired) electrons. The Morgan fingerprint density at radius 3 is 2.65 bits per heavy atom. The van der Waals surface area contributed by atoms with E-state index in [-0.39, 0.29) is 12.3 Å². The number of aromatic nitrogens is 2. The summed E-state index contributed by atoms with van der Waals surface area (Å²) in [6, 6.07) is 21.5. The third-order valence-corrected chi connectivity index (χ3v) is 5.61. The van der Waals surface area contributed by atoms with Crippen molar-refractivity contribution >= 4 is 34.6 Å². The average molecular weight is 473 g/mol. The molecule has 4 aromatic rings. The van der Waals surface area contributed by atoms with Crippen LogP contribution in [-0.2, 0) is 6.61 Å². The lowest BCUT2D eigenvalue weighted by Gasteiger charge is -2.13. The predicted octanol–water partition coefficient (Wildman–Crippen LogP) is 6.11. The zero-order valence-corrected chi connectivity index (χ0v) is 19.0. The summed E-state index contributed by atoms with van der Waals surface area (Å²) in [7, 11) is 0. The lowest BCUT2D eigenvalue weighted by molar-refractivity contribution is -0.384. The van der Waals surface area contributed by atoms with E-state index >= 15 is 0 Å². The van der Waals surface area contributed by atoms with Crippen LogP contribution in [0.2, 0.25) is 0 Å². The van der Waals surface area contributed by atoms with Crippen molar-refractivity contribution in [2.24, 2.45) is 0 Å². The molecule has 3 aromatic carbocycles. The molecule has 9 heteroatoms. The summed E-state index contributed by atoms with van der Waals surface area (Å²) in [6.07, 6.45) is 1.76. The van der Waals surface area contributed by atoms with E-state index in [2.05, 4.69) is 16.0 Å². The Balaban J connectivity index is 1.50. The summed E-state index contributed by atoms with van der Waals surface area (Å²) >= 11 is 1.26. The van der Waals surface area contributed by atoms with Crippen LogP contribution < -0.4 is 9.47 Å². The van der Waals surface area contributed by atoms with E-state index in [0.717, 1.165) is 22.2 Å². The SMILES string of the molecule is CCOc1cc(/C=C(\C#N)Sc2nc3ccccc3[nH]2)ccc1OCc1ccc([N+](=O)[O-])cc1. The van der Waals surface area contributed by atoms with Gasteiger partial charge in [-0.2, -0.15) is 5.26 Å². The fourth-order valence-electron chi connectivity index (χ4n) is 3.19. The van der Waals surface area contributed by atoms with Gasteiger partial charge in [-0.25, -0.2) is 4.98 Å². The van der Waals surface area contributed by atoms with Gasteiger partial charge in [0.2, 0.25) is 0 Å². The molecule has 0 aliphatic heterocycles. The van der Waals surface area contributed by atoms with E-state index in [1.165, 1.54) is 23.9 Å². The molecule has 4 rings (SSSR count). The predicted molar refractivity (Wildman–Crippen MR) is 131 cm³/mol. The van der Waals surface area contributed by atoms with Gasteiger partial charge in [-0.3, -0.25) is 10.1 Å². The van der Waals surface area contributed by atoms with Crippen molar-refractivity contribution in [2.45, 2.75) is 18.7 Å². The van der Waals surface area contributed by atoms with Gasteiger partial charge in [-0.05, 0) is 72.3 Å². The number of allylic oxidation sites excluding steroid dienone is 1. The molecule has 0 atom stereocenters. The van der Waals surface area contributed by atoms with E-state index in [1.54, 1.807) is 24.3 Å². The Kier molecular flexibility index (Phi) is 7.10. The van der Waals surface area contributed by atoms with Gasteiger partial charge in [0.05, 0.1) is 27.5 Å². The van der Waals surface area contributed by atoms with Crippen LogP contribution in [0.5, 0.6) is 11.5 Å². The minimum absolute atomic E-state index is 0.0312. The van der Waals surface area contributed by atoms with Crippen LogP contribution in [-0.4, -0.2) is 21.5 Å². The largest absolute Gasteiger partial charge is 0.490 e. The highest BCUT2D eigenvalue weighted by Crippen LogP contribution is 2.32. The van der Waals surface area contributed by atoms with E-state index < -0.39 is 4.92 Å². The van der Waals surface area contributed by atoms with Crippen LogP contribution >= 0.6 is 11.8 Å². The molecule has 0 aliphatic carbocycles. The van der Waals surface area contributed by atoms with Crippen LogP contribution in [0.15, 0.2) is 76.8 Å². The number of H-pyrrole nitrogens is 1. The quantitative estimate of drug-likeness (QED) is 0.135. The Morgan fingerprint density at radius 2 is 1.94 bits per heavy atom. The number of fused-ring (bicyclic) bond motifs is 1. The molecule has 0 spiro atoms. The first-order valence-electron chi connectivity index (χ1n) is 10.4. The van der Waals surface area contributed by atoms with Crippen LogP contribution in [0.1, 0.15) is 18.1 Å². The normalized spacial score (nSPS) is 11.2. The molecule has 0 aliphatic rings. The Morgan fingerprint density at radius 1 is 1.15 bits per heavy atom. The molecule has 0 amide bonds. The van der Waals surface area contributed by atoms with Crippen LogP contribution in [0.4, 0.5) is 5.69 Å². The number of non-ortho nitro benzene ring substituents is 1. The number of imidazole rings is 1. The number of benzene rings is 3. The summed E-state index contributed by atoms with van der Waals surface area (Å²) in [5, 5.41) is 21.1. The summed E-state index contributed by atoms with van der Waals surface area (Å²) in [6.45, 7) is 2.55. The minimum atomic E-state index is -0.438. The molecule has 1 N–H and O–H groups in total. The minimum Gasteiger partial charge on any atom is -0.490 e. The first-order valence-corrected chi connectivity index (χ1v) is 11.2. The van der Waals surface area contributed by atoms with Gasteiger partial charge >= 0.3 is 0 Å². The second-order valence-corrected chi connectivity index (χ2v) is 8.16. The highest BCUT2D eigenvalue weighted by Gasteiger charge is 2.10. The lowest BCUT2D eigenvalue weighted by atomic mass is 10.2. The number of nitriles is 1. The topological polar surface area (TPSA) is 114 Å². The number of nitro groups is 1. The van der Waals surface area contributed by atoms with E-state index in [4.69, 9.17) is 9.47 Å². The number of nitrogens with one attached hydrogen (secondary N) is 1. The highest BCUT2D eigenvalue weighted by molar-refractivity contribution is 8.03. The third-order valence-electron chi connectivity index (χ3n) is 4.79. The molecule has 34 heavy (non-hydrogen) atoms. The van der Waals surface area contributed by atoms with Gasteiger partial charge in [0.1, 0.15) is 12.7 Å². The number of hydrogen-bond acceptors (Lipinski definition) is 7. The number of rotatable bonds is 9.